The molecule has 1 aliphatic rings. The van der Waals surface area contributed by atoms with Crippen LogP contribution in [0.25, 0.3) is 0 Å². The summed E-state index contributed by atoms with van der Waals surface area (Å²) in [7, 11) is 0. The third-order valence-electron chi connectivity index (χ3n) is 2.32. The minimum Gasteiger partial charge on any atom is -0.378 e. The largest absolute Gasteiger partial charge is 0.393 e. The van der Waals surface area contributed by atoms with E-state index in [9.17, 15) is 13.2 Å². The molecular formula is C8H14F3NO. The lowest BCUT2D eigenvalue weighted by atomic mass is 9.99. The zero-order chi connectivity index (χ0) is 9.90. The molecule has 0 bridgehead atoms. The second-order valence-corrected chi connectivity index (χ2v) is 3.34. The average molecular weight is 197 g/mol. The second kappa shape index (κ2) is 4.28. The van der Waals surface area contributed by atoms with E-state index in [1.54, 1.807) is 0 Å². The van der Waals surface area contributed by atoms with E-state index in [0.29, 0.717) is 6.61 Å². The van der Waals surface area contributed by atoms with Gasteiger partial charge in [0.1, 0.15) is 0 Å². The zero-order valence-corrected chi connectivity index (χ0v) is 7.31. The van der Waals surface area contributed by atoms with Gasteiger partial charge in [0, 0.05) is 13.2 Å². The van der Waals surface area contributed by atoms with Crippen LogP contribution in [0, 0.1) is 5.92 Å². The maximum Gasteiger partial charge on any atom is 0.393 e. The molecule has 0 aromatic carbocycles. The number of hydrogen-bond donors (Lipinski definition) is 1. The molecule has 0 spiro atoms. The van der Waals surface area contributed by atoms with E-state index < -0.39 is 12.1 Å². The number of halogens is 3. The van der Waals surface area contributed by atoms with E-state index >= 15 is 0 Å². The SMILES string of the molecule is NCC(CC1CCCO1)C(F)(F)F. The van der Waals surface area contributed by atoms with Gasteiger partial charge in [-0.1, -0.05) is 0 Å². The molecular weight excluding hydrogens is 183 g/mol. The smallest absolute Gasteiger partial charge is 0.378 e. The third kappa shape index (κ3) is 3.15. The van der Waals surface area contributed by atoms with Crippen molar-refractivity contribution in [2.45, 2.75) is 31.5 Å². The van der Waals surface area contributed by atoms with Gasteiger partial charge in [-0.25, -0.2) is 0 Å². The highest BCUT2D eigenvalue weighted by Crippen LogP contribution is 2.31. The fraction of sp³-hybridized carbons (Fsp3) is 1.00. The molecule has 78 valence electrons. The molecule has 0 saturated carbocycles. The highest BCUT2D eigenvalue weighted by atomic mass is 19.4. The van der Waals surface area contributed by atoms with Crippen molar-refractivity contribution in [3.8, 4) is 0 Å². The summed E-state index contributed by atoms with van der Waals surface area (Å²) in [6.45, 7) is 0.239. The molecule has 0 aromatic heterocycles. The molecule has 2 N–H and O–H groups in total. The maximum absolute atomic E-state index is 12.2. The maximum atomic E-state index is 12.2. The Morgan fingerprint density at radius 2 is 2.15 bits per heavy atom. The van der Waals surface area contributed by atoms with Gasteiger partial charge in [0.2, 0.25) is 0 Å². The number of ether oxygens (including phenoxy) is 1. The Hall–Kier alpha value is -0.290. The first kappa shape index (κ1) is 10.8. The molecule has 0 aromatic rings. The standard InChI is InChI=1S/C8H14F3NO/c9-8(10,11)6(5-12)4-7-2-1-3-13-7/h6-7H,1-5,12H2. The van der Waals surface area contributed by atoms with E-state index in [1.165, 1.54) is 0 Å². The van der Waals surface area contributed by atoms with Crippen LogP contribution in [0.4, 0.5) is 13.2 Å². The van der Waals surface area contributed by atoms with Gasteiger partial charge < -0.3 is 10.5 Å². The Bertz CT molecular complexity index is 154. The Kier molecular flexibility index (Phi) is 3.55. The molecule has 1 saturated heterocycles. The summed E-state index contributed by atoms with van der Waals surface area (Å²) in [6.07, 6.45) is -2.82. The summed E-state index contributed by atoms with van der Waals surface area (Å²) >= 11 is 0. The van der Waals surface area contributed by atoms with Crippen LogP contribution in [0.2, 0.25) is 0 Å². The van der Waals surface area contributed by atoms with Gasteiger partial charge >= 0.3 is 6.18 Å². The monoisotopic (exact) mass is 197 g/mol. The van der Waals surface area contributed by atoms with Gasteiger partial charge in [0.05, 0.1) is 12.0 Å². The summed E-state index contributed by atoms with van der Waals surface area (Å²) in [5.41, 5.74) is 5.06. The molecule has 2 nitrogen and oxygen atoms in total. The van der Waals surface area contributed by atoms with E-state index in [0.717, 1.165) is 12.8 Å². The highest BCUT2D eigenvalue weighted by Gasteiger charge is 2.40. The van der Waals surface area contributed by atoms with Crippen molar-refractivity contribution >= 4 is 0 Å². The summed E-state index contributed by atoms with van der Waals surface area (Å²) < 4.78 is 41.8. The third-order valence-corrected chi connectivity index (χ3v) is 2.32. The summed E-state index contributed by atoms with van der Waals surface area (Å²) in [4.78, 5) is 0. The normalized spacial score (nSPS) is 26.3. The highest BCUT2D eigenvalue weighted by molar-refractivity contribution is 4.75. The molecule has 0 aliphatic carbocycles. The molecule has 1 aliphatic heterocycles. The molecule has 13 heavy (non-hydrogen) atoms. The lowest BCUT2D eigenvalue weighted by Gasteiger charge is -2.21. The van der Waals surface area contributed by atoms with Crippen molar-refractivity contribution < 1.29 is 17.9 Å². The first-order valence-electron chi connectivity index (χ1n) is 4.42. The van der Waals surface area contributed by atoms with Crippen molar-refractivity contribution in [1.29, 1.82) is 0 Å². The molecule has 1 rings (SSSR count). The van der Waals surface area contributed by atoms with Gasteiger partial charge in [-0.05, 0) is 19.3 Å². The van der Waals surface area contributed by atoms with E-state index in [2.05, 4.69) is 0 Å². The molecule has 2 unspecified atom stereocenters. The second-order valence-electron chi connectivity index (χ2n) is 3.34. The topological polar surface area (TPSA) is 35.2 Å². The number of nitrogens with two attached hydrogens (primary N) is 1. The van der Waals surface area contributed by atoms with Crippen LogP contribution >= 0.6 is 0 Å². The minimum absolute atomic E-state index is 0.0139. The lowest BCUT2D eigenvalue weighted by Crippen LogP contribution is -2.33. The molecule has 5 heteroatoms. The Morgan fingerprint density at radius 3 is 2.54 bits per heavy atom. The van der Waals surface area contributed by atoms with Crippen LogP contribution < -0.4 is 5.73 Å². The van der Waals surface area contributed by atoms with E-state index in [1.807, 2.05) is 0 Å². The fourth-order valence-electron chi connectivity index (χ4n) is 1.51. The first-order chi connectivity index (χ1) is 6.04. The number of alkyl halides is 3. The predicted octanol–water partition coefficient (Wildman–Crippen LogP) is 1.69. The number of rotatable bonds is 3. The Labute approximate surface area is 75.2 Å². The predicted molar refractivity (Wildman–Crippen MR) is 42.2 cm³/mol. The average Bonchev–Trinajstić information content (AvgIpc) is 2.49. The van der Waals surface area contributed by atoms with Crippen LogP contribution in [0.15, 0.2) is 0 Å². The zero-order valence-electron chi connectivity index (χ0n) is 7.31. The van der Waals surface area contributed by atoms with Crippen molar-refractivity contribution in [3.05, 3.63) is 0 Å². The first-order valence-corrected chi connectivity index (χ1v) is 4.42. The van der Waals surface area contributed by atoms with Crippen LogP contribution in [-0.2, 0) is 4.74 Å². The van der Waals surface area contributed by atoms with Gasteiger partial charge in [-0.3, -0.25) is 0 Å². The summed E-state index contributed by atoms with van der Waals surface area (Å²) in [5.74, 6) is -1.41. The quantitative estimate of drug-likeness (QED) is 0.747. The lowest BCUT2D eigenvalue weighted by molar-refractivity contribution is -0.179. The molecule has 2 atom stereocenters. The minimum atomic E-state index is -4.18. The van der Waals surface area contributed by atoms with Crippen molar-refractivity contribution in [3.63, 3.8) is 0 Å². The van der Waals surface area contributed by atoms with Crippen molar-refractivity contribution in [2.75, 3.05) is 13.2 Å². The van der Waals surface area contributed by atoms with Crippen LogP contribution in [0.3, 0.4) is 0 Å². The molecule has 1 heterocycles. The van der Waals surface area contributed by atoms with Crippen LogP contribution in [-0.4, -0.2) is 25.4 Å². The molecule has 1 fully saturated rings. The van der Waals surface area contributed by atoms with Crippen LogP contribution in [0.1, 0.15) is 19.3 Å². The van der Waals surface area contributed by atoms with Crippen molar-refractivity contribution in [1.82, 2.24) is 0 Å². The summed E-state index contributed by atoms with van der Waals surface area (Å²) in [6, 6.07) is 0. The summed E-state index contributed by atoms with van der Waals surface area (Å²) in [5, 5.41) is 0. The van der Waals surface area contributed by atoms with E-state index in [-0.39, 0.29) is 19.1 Å². The van der Waals surface area contributed by atoms with Gasteiger partial charge in [0.15, 0.2) is 0 Å². The van der Waals surface area contributed by atoms with Crippen molar-refractivity contribution in [2.24, 2.45) is 11.7 Å². The number of hydrogen-bond acceptors (Lipinski definition) is 2. The Morgan fingerprint density at radius 1 is 1.46 bits per heavy atom. The van der Waals surface area contributed by atoms with E-state index in [4.69, 9.17) is 10.5 Å². The fourth-order valence-corrected chi connectivity index (χ4v) is 1.51. The molecule has 0 radical (unpaired) electrons. The van der Waals surface area contributed by atoms with Gasteiger partial charge in [-0.15, -0.1) is 0 Å². The molecule has 0 amide bonds. The Balaban J connectivity index is 2.39. The van der Waals surface area contributed by atoms with Gasteiger partial charge in [0.25, 0.3) is 0 Å². The van der Waals surface area contributed by atoms with Crippen LogP contribution in [0.5, 0.6) is 0 Å². The van der Waals surface area contributed by atoms with Gasteiger partial charge in [-0.2, -0.15) is 13.2 Å².